The van der Waals surface area contributed by atoms with Crippen molar-refractivity contribution in [3.63, 3.8) is 0 Å². The molecule has 2 bridgehead atoms. The van der Waals surface area contributed by atoms with Gasteiger partial charge in [-0.2, -0.15) is 0 Å². The van der Waals surface area contributed by atoms with Crippen molar-refractivity contribution in [3.05, 3.63) is 0 Å². The monoisotopic (exact) mass is 266 g/mol. The molecule has 3 aliphatic carbocycles. The highest BCUT2D eigenvalue weighted by Crippen LogP contribution is 2.71. The van der Waals surface area contributed by atoms with Gasteiger partial charge in [0.15, 0.2) is 0 Å². The van der Waals surface area contributed by atoms with Crippen molar-refractivity contribution >= 4 is 0 Å². The molecule has 3 atom stereocenters. The molecule has 19 heavy (non-hydrogen) atoms. The van der Waals surface area contributed by atoms with Gasteiger partial charge in [0, 0.05) is 7.11 Å². The molecule has 0 unspecified atom stereocenters. The van der Waals surface area contributed by atoms with Gasteiger partial charge in [0.1, 0.15) is 0 Å². The van der Waals surface area contributed by atoms with Crippen LogP contribution in [0.3, 0.4) is 0 Å². The summed E-state index contributed by atoms with van der Waals surface area (Å²) in [6.07, 6.45) is 7.96. The second-order valence-electron chi connectivity index (χ2n) is 8.16. The van der Waals surface area contributed by atoms with E-state index in [4.69, 9.17) is 4.74 Å². The van der Waals surface area contributed by atoms with Crippen LogP contribution in [0.15, 0.2) is 0 Å². The molecule has 0 aromatic rings. The molecule has 3 saturated carbocycles. The first kappa shape index (κ1) is 13.9. The SMILES string of the molecule is COC1([C@@H]2C[C@H]3CC[C@]2(C)C3(C)C)CCC(O)CC1. The Morgan fingerprint density at radius 3 is 2.05 bits per heavy atom. The predicted octanol–water partition coefficient (Wildman–Crippen LogP) is 3.77. The van der Waals surface area contributed by atoms with Crippen LogP contribution in [0.5, 0.6) is 0 Å². The zero-order chi connectivity index (χ0) is 13.9. The van der Waals surface area contributed by atoms with Gasteiger partial charge in [-0.15, -0.1) is 0 Å². The minimum Gasteiger partial charge on any atom is -0.393 e. The highest BCUT2D eigenvalue weighted by molar-refractivity contribution is 5.15. The molecule has 3 aliphatic rings. The molecule has 110 valence electrons. The molecule has 2 nitrogen and oxygen atoms in total. The summed E-state index contributed by atoms with van der Waals surface area (Å²) in [4.78, 5) is 0. The van der Waals surface area contributed by atoms with Gasteiger partial charge in [0.05, 0.1) is 11.7 Å². The number of aliphatic hydroxyl groups excluding tert-OH is 1. The van der Waals surface area contributed by atoms with Crippen molar-refractivity contribution < 1.29 is 9.84 Å². The van der Waals surface area contributed by atoms with Gasteiger partial charge >= 0.3 is 0 Å². The molecule has 1 N–H and O–H groups in total. The number of hydrogen-bond acceptors (Lipinski definition) is 2. The van der Waals surface area contributed by atoms with E-state index in [9.17, 15) is 5.11 Å². The van der Waals surface area contributed by atoms with Crippen molar-refractivity contribution in [1.82, 2.24) is 0 Å². The van der Waals surface area contributed by atoms with Gasteiger partial charge in [-0.3, -0.25) is 0 Å². The standard InChI is InChI=1S/C17H30O2/c1-15(2)12-5-8-16(15,3)14(11-12)17(19-4)9-6-13(18)7-10-17/h12-14,18H,5-11H2,1-4H3/t12-,13?,14-,16+,17?/m1/s1. The summed E-state index contributed by atoms with van der Waals surface area (Å²) in [5.74, 6) is 1.56. The third-order valence-electron chi connectivity index (χ3n) is 7.64. The Balaban J connectivity index is 1.90. The average molecular weight is 266 g/mol. The van der Waals surface area contributed by atoms with Crippen molar-refractivity contribution in [1.29, 1.82) is 0 Å². The molecule has 0 saturated heterocycles. The number of aliphatic hydroxyl groups is 1. The van der Waals surface area contributed by atoms with Crippen LogP contribution in [0.1, 0.15) is 65.7 Å². The van der Waals surface area contributed by atoms with Crippen molar-refractivity contribution in [2.75, 3.05) is 7.11 Å². The lowest BCUT2D eigenvalue weighted by Gasteiger charge is -2.51. The van der Waals surface area contributed by atoms with Crippen molar-refractivity contribution in [3.8, 4) is 0 Å². The molecule has 0 aliphatic heterocycles. The van der Waals surface area contributed by atoms with E-state index in [1.807, 2.05) is 7.11 Å². The molecule has 3 rings (SSSR count). The van der Waals surface area contributed by atoms with E-state index in [0.717, 1.165) is 31.6 Å². The molecule has 2 heteroatoms. The zero-order valence-corrected chi connectivity index (χ0v) is 13.0. The fraction of sp³-hybridized carbons (Fsp3) is 1.00. The Hall–Kier alpha value is -0.0800. The predicted molar refractivity (Wildman–Crippen MR) is 76.9 cm³/mol. The fourth-order valence-corrected chi connectivity index (χ4v) is 5.79. The minimum absolute atomic E-state index is 0.0421. The van der Waals surface area contributed by atoms with Crippen LogP contribution in [0.25, 0.3) is 0 Å². The van der Waals surface area contributed by atoms with Crippen LogP contribution in [-0.2, 0) is 4.74 Å². The van der Waals surface area contributed by atoms with Gasteiger partial charge in [-0.05, 0) is 67.6 Å². The van der Waals surface area contributed by atoms with Crippen LogP contribution in [0.2, 0.25) is 0 Å². The van der Waals surface area contributed by atoms with Gasteiger partial charge in [0.25, 0.3) is 0 Å². The number of hydrogen-bond donors (Lipinski definition) is 1. The zero-order valence-electron chi connectivity index (χ0n) is 13.0. The largest absolute Gasteiger partial charge is 0.393 e. The maximum Gasteiger partial charge on any atom is 0.0714 e. The Morgan fingerprint density at radius 2 is 1.63 bits per heavy atom. The summed E-state index contributed by atoms with van der Waals surface area (Å²) in [5.41, 5.74) is 0.926. The van der Waals surface area contributed by atoms with Crippen molar-refractivity contribution in [2.24, 2.45) is 22.7 Å². The summed E-state index contributed by atoms with van der Waals surface area (Å²) in [6.45, 7) is 7.47. The number of rotatable bonds is 2. The van der Waals surface area contributed by atoms with E-state index in [0.29, 0.717) is 16.7 Å². The normalized spacial score (nSPS) is 52.6. The van der Waals surface area contributed by atoms with E-state index in [2.05, 4.69) is 20.8 Å². The van der Waals surface area contributed by atoms with Crippen molar-refractivity contribution in [2.45, 2.75) is 77.4 Å². The van der Waals surface area contributed by atoms with Crippen LogP contribution < -0.4 is 0 Å². The molecule has 0 radical (unpaired) electrons. The molecule has 0 heterocycles. The molecular weight excluding hydrogens is 236 g/mol. The Morgan fingerprint density at radius 1 is 1.00 bits per heavy atom. The highest BCUT2D eigenvalue weighted by atomic mass is 16.5. The smallest absolute Gasteiger partial charge is 0.0714 e. The first-order valence-corrected chi connectivity index (χ1v) is 8.09. The molecule has 0 spiro atoms. The molecule has 3 fully saturated rings. The molecule has 0 aromatic heterocycles. The first-order valence-electron chi connectivity index (χ1n) is 8.09. The molecule has 0 aromatic carbocycles. The van der Waals surface area contributed by atoms with Gasteiger partial charge in [-0.25, -0.2) is 0 Å². The van der Waals surface area contributed by atoms with E-state index in [-0.39, 0.29) is 11.7 Å². The Labute approximate surface area is 117 Å². The van der Waals surface area contributed by atoms with Crippen LogP contribution >= 0.6 is 0 Å². The van der Waals surface area contributed by atoms with E-state index in [1.54, 1.807) is 0 Å². The summed E-state index contributed by atoms with van der Waals surface area (Å²) >= 11 is 0. The summed E-state index contributed by atoms with van der Waals surface area (Å²) in [6, 6.07) is 0. The van der Waals surface area contributed by atoms with Gasteiger partial charge in [-0.1, -0.05) is 20.8 Å². The summed E-state index contributed by atoms with van der Waals surface area (Å²) < 4.78 is 6.11. The van der Waals surface area contributed by atoms with Crippen LogP contribution in [-0.4, -0.2) is 23.9 Å². The van der Waals surface area contributed by atoms with E-state index >= 15 is 0 Å². The maximum absolute atomic E-state index is 9.82. The second kappa shape index (κ2) is 4.21. The highest BCUT2D eigenvalue weighted by Gasteiger charge is 2.66. The third-order valence-corrected chi connectivity index (χ3v) is 7.64. The third kappa shape index (κ3) is 1.68. The van der Waals surface area contributed by atoms with Crippen LogP contribution in [0.4, 0.5) is 0 Å². The number of methoxy groups -OCH3 is 1. The average Bonchev–Trinajstić information content (AvgIpc) is 2.73. The van der Waals surface area contributed by atoms with E-state index in [1.165, 1.54) is 19.3 Å². The summed E-state index contributed by atoms with van der Waals surface area (Å²) in [5, 5.41) is 9.82. The fourth-order valence-electron chi connectivity index (χ4n) is 5.79. The topological polar surface area (TPSA) is 29.5 Å². The first-order chi connectivity index (χ1) is 8.86. The lowest BCUT2D eigenvalue weighted by molar-refractivity contribution is -0.139. The number of ether oxygens (including phenoxy) is 1. The Bertz CT molecular complexity index is 354. The lowest BCUT2D eigenvalue weighted by atomic mass is 9.59. The van der Waals surface area contributed by atoms with E-state index < -0.39 is 0 Å². The maximum atomic E-state index is 9.82. The summed E-state index contributed by atoms with van der Waals surface area (Å²) in [7, 11) is 1.90. The Kier molecular flexibility index (Phi) is 3.07. The van der Waals surface area contributed by atoms with Crippen LogP contribution in [0, 0.1) is 22.7 Å². The van der Waals surface area contributed by atoms with Gasteiger partial charge in [0.2, 0.25) is 0 Å². The quantitative estimate of drug-likeness (QED) is 0.824. The second-order valence-corrected chi connectivity index (χ2v) is 8.16. The lowest BCUT2D eigenvalue weighted by Crippen LogP contribution is -2.51. The molecular formula is C17H30O2. The minimum atomic E-state index is -0.0947. The van der Waals surface area contributed by atoms with Gasteiger partial charge < -0.3 is 9.84 Å². The molecule has 0 amide bonds. The number of fused-ring (bicyclic) bond motifs is 2.